The van der Waals surface area contributed by atoms with E-state index < -0.39 is 5.54 Å². The van der Waals surface area contributed by atoms with E-state index in [2.05, 4.69) is 5.32 Å². The summed E-state index contributed by atoms with van der Waals surface area (Å²) in [6, 6.07) is 8.06. The molecule has 1 atom stereocenters. The normalized spacial score (nSPS) is 13.9. The molecule has 112 valence electrons. The summed E-state index contributed by atoms with van der Waals surface area (Å²) >= 11 is 0. The van der Waals surface area contributed by atoms with E-state index in [0.717, 1.165) is 11.3 Å². The van der Waals surface area contributed by atoms with Crippen molar-refractivity contribution in [3.05, 3.63) is 29.8 Å². The molecule has 0 radical (unpaired) electrons. The lowest BCUT2D eigenvalue weighted by molar-refractivity contribution is -0.148. The zero-order valence-electron chi connectivity index (χ0n) is 13.0. The summed E-state index contributed by atoms with van der Waals surface area (Å²) in [5, 5.41) is 3.25. The maximum atomic E-state index is 11.9. The molecule has 0 heterocycles. The smallest absolute Gasteiger partial charge is 0.325 e. The van der Waals surface area contributed by atoms with E-state index in [9.17, 15) is 4.79 Å². The van der Waals surface area contributed by atoms with Gasteiger partial charge in [0.15, 0.2) is 0 Å². The van der Waals surface area contributed by atoms with Crippen LogP contribution in [0.15, 0.2) is 24.3 Å². The first-order chi connectivity index (χ1) is 9.37. The summed E-state index contributed by atoms with van der Waals surface area (Å²) in [5.41, 5.74) is 0.422. The number of carbonyl (C=O) groups excluding carboxylic acids is 1. The number of hydrogen-bond donors (Lipinski definition) is 1. The number of rotatable bonds is 7. The second-order valence-electron chi connectivity index (χ2n) is 5.54. The Morgan fingerprint density at radius 2 is 2.10 bits per heavy atom. The molecule has 1 rings (SSSR count). The van der Waals surface area contributed by atoms with Crippen molar-refractivity contribution in [1.29, 1.82) is 0 Å². The zero-order valence-corrected chi connectivity index (χ0v) is 13.0. The summed E-state index contributed by atoms with van der Waals surface area (Å²) in [7, 11) is 1.41. The number of carbonyl (C=O) groups is 1. The van der Waals surface area contributed by atoms with Crippen molar-refractivity contribution >= 4 is 5.97 Å². The van der Waals surface area contributed by atoms with Gasteiger partial charge in [-0.1, -0.05) is 12.1 Å². The van der Waals surface area contributed by atoms with Crippen LogP contribution in [-0.4, -0.2) is 31.3 Å². The van der Waals surface area contributed by atoms with Crippen LogP contribution in [0.5, 0.6) is 5.75 Å². The Labute approximate surface area is 121 Å². The van der Waals surface area contributed by atoms with Gasteiger partial charge in [0.25, 0.3) is 0 Å². The molecule has 0 saturated carbocycles. The molecule has 1 aromatic carbocycles. The van der Waals surface area contributed by atoms with Gasteiger partial charge in [0.1, 0.15) is 11.3 Å². The van der Waals surface area contributed by atoms with Crippen LogP contribution in [0.2, 0.25) is 0 Å². The van der Waals surface area contributed by atoms with E-state index in [1.165, 1.54) is 7.11 Å². The molecule has 0 saturated heterocycles. The van der Waals surface area contributed by atoms with Gasteiger partial charge in [0, 0.05) is 12.5 Å². The second-order valence-corrected chi connectivity index (χ2v) is 5.54. The number of methoxy groups -OCH3 is 1. The fourth-order valence-electron chi connectivity index (χ4n) is 2.17. The fourth-order valence-corrected chi connectivity index (χ4v) is 2.17. The molecule has 0 fully saturated rings. The summed E-state index contributed by atoms with van der Waals surface area (Å²) in [6.07, 6.45) is 0.547. The minimum Gasteiger partial charge on any atom is -0.493 e. The number of ether oxygens (including phenoxy) is 2. The average molecular weight is 279 g/mol. The maximum absolute atomic E-state index is 11.9. The van der Waals surface area contributed by atoms with Crippen LogP contribution in [0.4, 0.5) is 0 Å². The van der Waals surface area contributed by atoms with Crippen molar-refractivity contribution < 1.29 is 14.3 Å². The minimum atomic E-state index is -0.729. The topological polar surface area (TPSA) is 47.6 Å². The van der Waals surface area contributed by atoms with Gasteiger partial charge in [-0.25, -0.2) is 0 Å². The van der Waals surface area contributed by atoms with Gasteiger partial charge < -0.3 is 9.47 Å². The number of esters is 1. The quantitative estimate of drug-likeness (QED) is 0.780. The molecule has 0 spiro atoms. The summed E-state index contributed by atoms with van der Waals surface area (Å²) in [6.45, 7) is 8.32. The first-order valence-electron chi connectivity index (χ1n) is 6.93. The van der Waals surface area contributed by atoms with Crippen molar-refractivity contribution in [2.45, 2.75) is 45.7 Å². The molecule has 0 aliphatic carbocycles. The molecule has 0 aromatic heterocycles. The predicted octanol–water partition coefficient (Wildman–Crippen LogP) is 2.69. The Balaban J connectivity index is 2.60. The fraction of sp³-hybridized carbons (Fsp3) is 0.562. The monoisotopic (exact) mass is 279 g/mol. The first-order valence-corrected chi connectivity index (χ1v) is 6.93. The van der Waals surface area contributed by atoms with E-state index in [1.54, 1.807) is 0 Å². The Morgan fingerprint density at radius 1 is 1.40 bits per heavy atom. The Hall–Kier alpha value is -1.55. The summed E-state index contributed by atoms with van der Waals surface area (Å²) in [5.74, 6) is 0.556. The standard InChI is InChI=1S/C16H25NO3/c1-12(2)17-16(4,15(18)19-5)9-10-20-14-8-6-7-13(3)11-14/h6-8,11-12,17H,9-10H2,1-5H3. The Kier molecular flexibility index (Phi) is 6.02. The molecule has 20 heavy (non-hydrogen) atoms. The highest BCUT2D eigenvalue weighted by Gasteiger charge is 2.34. The number of nitrogens with one attached hydrogen (secondary N) is 1. The lowest BCUT2D eigenvalue weighted by Crippen LogP contribution is -2.53. The lowest BCUT2D eigenvalue weighted by atomic mass is 9.97. The lowest BCUT2D eigenvalue weighted by Gasteiger charge is -2.30. The van der Waals surface area contributed by atoms with Crippen LogP contribution in [0, 0.1) is 6.92 Å². The number of hydrogen-bond acceptors (Lipinski definition) is 4. The van der Waals surface area contributed by atoms with Crippen molar-refractivity contribution in [1.82, 2.24) is 5.32 Å². The third-order valence-electron chi connectivity index (χ3n) is 3.10. The summed E-state index contributed by atoms with van der Waals surface area (Å²) < 4.78 is 10.6. The van der Waals surface area contributed by atoms with Crippen molar-refractivity contribution in [3.8, 4) is 5.75 Å². The molecule has 4 heteroatoms. The van der Waals surface area contributed by atoms with Crippen LogP contribution in [0.3, 0.4) is 0 Å². The Morgan fingerprint density at radius 3 is 2.65 bits per heavy atom. The van der Waals surface area contributed by atoms with Crippen molar-refractivity contribution in [2.75, 3.05) is 13.7 Å². The SMILES string of the molecule is COC(=O)C(C)(CCOc1cccc(C)c1)NC(C)C. The van der Waals surface area contributed by atoms with E-state index in [-0.39, 0.29) is 12.0 Å². The molecule has 0 amide bonds. The van der Waals surface area contributed by atoms with Crippen molar-refractivity contribution in [3.63, 3.8) is 0 Å². The third kappa shape index (κ3) is 4.85. The van der Waals surface area contributed by atoms with Gasteiger partial charge in [-0.2, -0.15) is 0 Å². The van der Waals surface area contributed by atoms with Crippen molar-refractivity contribution in [2.24, 2.45) is 0 Å². The van der Waals surface area contributed by atoms with Gasteiger partial charge in [-0.15, -0.1) is 0 Å². The number of aryl methyl sites for hydroxylation is 1. The third-order valence-corrected chi connectivity index (χ3v) is 3.10. The van der Waals surface area contributed by atoms with Crippen LogP contribution < -0.4 is 10.1 Å². The van der Waals surface area contributed by atoms with Crippen LogP contribution in [-0.2, 0) is 9.53 Å². The molecule has 4 nitrogen and oxygen atoms in total. The van der Waals surface area contributed by atoms with Gasteiger partial charge in [-0.05, 0) is 45.4 Å². The molecular formula is C16H25NO3. The zero-order chi connectivity index (χ0) is 15.2. The van der Waals surface area contributed by atoms with Gasteiger partial charge in [0.2, 0.25) is 0 Å². The molecule has 1 N–H and O–H groups in total. The molecular weight excluding hydrogens is 254 g/mol. The highest BCUT2D eigenvalue weighted by molar-refractivity contribution is 5.80. The highest BCUT2D eigenvalue weighted by atomic mass is 16.5. The molecule has 1 aromatic rings. The predicted molar refractivity (Wildman–Crippen MR) is 80.0 cm³/mol. The molecule has 0 aliphatic heterocycles. The van der Waals surface area contributed by atoms with E-state index in [4.69, 9.17) is 9.47 Å². The largest absolute Gasteiger partial charge is 0.493 e. The van der Waals surface area contributed by atoms with E-state index in [0.29, 0.717) is 13.0 Å². The Bertz CT molecular complexity index is 445. The minimum absolute atomic E-state index is 0.193. The average Bonchev–Trinajstić information content (AvgIpc) is 2.37. The van der Waals surface area contributed by atoms with E-state index >= 15 is 0 Å². The molecule has 0 bridgehead atoms. The van der Waals surface area contributed by atoms with Crippen LogP contribution in [0.25, 0.3) is 0 Å². The van der Waals surface area contributed by atoms with Gasteiger partial charge >= 0.3 is 5.97 Å². The molecule has 0 aliphatic rings. The second kappa shape index (κ2) is 7.29. The highest BCUT2D eigenvalue weighted by Crippen LogP contribution is 2.17. The van der Waals surface area contributed by atoms with E-state index in [1.807, 2.05) is 52.0 Å². The maximum Gasteiger partial charge on any atom is 0.325 e. The number of benzene rings is 1. The van der Waals surface area contributed by atoms with Crippen LogP contribution in [0.1, 0.15) is 32.8 Å². The van der Waals surface area contributed by atoms with Crippen LogP contribution >= 0.6 is 0 Å². The summed E-state index contributed by atoms with van der Waals surface area (Å²) in [4.78, 5) is 11.9. The van der Waals surface area contributed by atoms with Gasteiger partial charge in [0.05, 0.1) is 13.7 Å². The first kappa shape index (κ1) is 16.5. The molecule has 1 unspecified atom stereocenters. The van der Waals surface area contributed by atoms with Gasteiger partial charge in [-0.3, -0.25) is 10.1 Å².